The molecule has 0 unspecified atom stereocenters. The number of nitrogens with one attached hydrogen (secondary N) is 1. The molecular formula is C47H81ClN4O11. The van der Waals surface area contributed by atoms with Gasteiger partial charge >= 0.3 is 24.1 Å². The van der Waals surface area contributed by atoms with E-state index >= 15 is 0 Å². The number of rotatable bonds is 21. The molecule has 0 fully saturated rings. The molecule has 2 amide bonds. The van der Waals surface area contributed by atoms with Crippen molar-refractivity contribution in [2.75, 3.05) is 74.3 Å². The Morgan fingerprint density at radius 2 is 1.03 bits per heavy atom. The van der Waals surface area contributed by atoms with Crippen molar-refractivity contribution >= 4 is 42.8 Å². The summed E-state index contributed by atoms with van der Waals surface area (Å²) in [6.07, 6.45) is -0.0885. The highest BCUT2D eigenvalue weighted by molar-refractivity contribution is 5.85. The molecule has 0 saturated carbocycles. The van der Waals surface area contributed by atoms with E-state index in [9.17, 15) is 24.0 Å². The minimum absolute atomic E-state index is 0. The summed E-state index contributed by atoms with van der Waals surface area (Å²) in [7, 11) is 6.97. The number of hydrogen-bond acceptors (Lipinski definition) is 13. The maximum atomic E-state index is 12.6. The van der Waals surface area contributed by atoms with Gasteiger partial charge in [-0.1, -0.05) is 95.8 Å². The summed E-state index contributed by atoms with van der Waals surface area (Å²) in [5, 5.41) is 2.96. The number of aldehydes is 1. The topological polar surface area (TPSA) is 162 Å². The van der Waals surface area contributed by atoms with E-state index in [0.717, 1.165) is 11.1 Å². The molecule has 0 spiro atoms. The normalized spacial score (nSPS) is 11.8. The summed E-state index contributed by atoms with van der Waals surface area (Å²) >= 11 is 0. The highest BCUT2D eigenvalue weighted by Crippen LogP contribution is 2.14. The largest absolute Gasteiger partial charge is 0.460 e. The highest BCUT2D eigenvalue weighted by atomic mass is 35.5. The summed E-state index contributed by atoms with van der Waals surface area (Å²) in [4.78, 5) is 62.4. The van der Waals surface area contributed by atoms with Gasteiger partial charge in [0.1, 0.15) is 49.4 Å². The standard InChI is InChI=1S/C23H38N2O5.C13H19NO2.C10H19NO4.CH4.ClH/c1-18(2)20(21(26)29-17-19-11-9-8-10-12-19)24(6)13-15-28-16-14-25(7)22(27)30-23(3,4)5;1-10(2)12(14-3)13(15)16-9-11-7-5-4-6-8-11;1-10(2,3)15-9(13)11(4)5-7-14-8-6-12;;/h8-12,18,20H,13-17H2,1-7H3;4-8,10,12,14H,9H2,1-3H3;6H,5,7-8H2,1-4H3;1H4;1H/t20-;12-;;;/m00.../s1. The van der Waals surface area contributed by atoms with Gasteiger partial charge in [-0.3, -0.25) is 14.5 Å². The van der Waals surface area contributed by atoms with Gasteiger partial charge < -0.3 is 48.3 Å². The van der Waals surface area contributed by atoms with Gasteiger partial charge in [-0.25, -0.2) is 9.59 Å². The van der Waals surface area contributed by atoms with E-state index in [1.807, 2.05) is 142 Å². The lowest BCUT2D eigenvalue weighted by molar-refractivity contribution is -0.153. The van der Waals surface area contributed by atoms with Crippen LogP contribution in [0.3, 0.4) is 0 Å². The zero-order valence-electron chi connectivity index (χ0n) is 39.8. The first-order valence-electron chi connectivity index (χ1n) is 20.8. The van der Waals surface area contributed by atoms with Gasteiger partial charge in [0.2, 0.25) is 0 Å². The van der Waals surface area contributed by atoms with E-state index in [1.54, 1.807) is 21.1 Å². The van der Waals surface area contributed by atoms with Crippen LogP contribution in [0, 0.1) is 11.8 Å². The number of carbonyl (C=O) groups is 5. The van der Waals surface area contributed by atoms with Crippen molar-refractivity contribution in [1.29, 1.82) is 0 Å². The molecule has 2 rings (SSSR count). The molecule has 0 bridgehead atoms. The number of nitrogens with zero attached hydrogens (tertiary/aromatic N) is 3. The molecule has 2 aromatic carbocycles. The molecule has 362 valence electrons. The molecule has 0 aliphatic carbocycles. The quantitative estimate of drug-likeness (QED) is 0.0563. The molecule has 0 aliphatic heterocycles. The summed E-state index contributed by atoms with van der Waals surface area (Å²) in [5.74, 6) is -0.0905. The summed E-state index contributed by atoms with van der Waals surface area (Å²) in [5.41, 5.74) is 0.966. The average Bonchev–Trinajstić information content (AvgIpc) is 3.17. The van der Waals surface area contributed by atoms with Crippen LogP contribution in [0.5, 0.6) is 0 Å². The lowest BCUT2D eigenvalue weighted by atomic mass is 10.0. The van der Waals surface area contributed by atoms with E-state index in [0.29, 0.717) is 52.3 Å². The van der Waals surface area contributed by atoms with Crippen LogP contribution >= 0.6 is 12.4 Å². The van der Waals surface area contributed by atoms with Gasteiger partial charge in [0.25, 0.3) is 0 Å². The lowest BCUT2D eigenvalue weighted by Gasteiger charge is -2.29. The van der Waals surface area contributed by atoms with Crippen LogP contribution < -0.4 is 5.32 Å². The Balaban J connectivity index is -0.000000925. The van der Waals surface area contributed by atoms with E-state index in [-0.39, 0.29) is 75.0 Å². The van der Waals surface area contributed by atoms with Crippen molar-refractivity contribution in [2.45, 2.75) is 113 Å². The van der Waals surface area contributed by atoms with Crippen molar-refractivity contribution in [3.63, 3.8) is 0 Å². The van der Waals surface area contributed by atoms with E-state index in [2.05, 4.69) is 5.32 Å². The number of benzene rings is 2. The van der Waals surface area contributed by atoms with E-state index in [1.165, 1.54) is 9.80 Å². The minimum Gasteiger partial charge on any atom is -0.460 e. The smallest absolute Gasteiger partial charge is 0.410 e. The van der Waals surface area contributed by atoms with Crippen LogP contribution in [0.1, 0.15) is 87.8 Å². The second-order valence-electron chi connectivity index (χ2n) is 17.0. The first-order valence-corrected chi connectivity index (χ1v) is 20.8. The molecule has 0 aliphatic rings. The molecular weight excluding hydrogens is 832 g/mol. The van der Waals surface area contributed by atoms with Crippen molar-refractivity contribution < 1.29 is 52.4 Å². The maximum Gasteiger partial charge on any atom is 0.410 e. The molecule has 0 saturated heterocycles. The third kappa shape index (κ3) is 31.3. The Hall–Kier alpha value is -4.28. The summed E-state index contributed by atoms with van der Waals surface area (Å²) in [6.45, 7) is 22.2. The van der Waals surface area contributed by atoms with Crippen molar-refractivity contribution in [2.24, 2.45) is 11.8 Å². The zero-order valence-corrected chi connectivity index (χ0v) is 40.6. The van der Waals surface area contributed by atoms with Crippen LogP contribution in [0.15, 0.2) is 60.7 Å². The van der Waals surface area contributed by atoms with Crippen LogP contribution in [-0.2, 0) is 56.0 Å². The predicted octanol–water partition coefficient (Wildman–Crippen LogP) is 7.67. The molecule has 0 aromatic heterocycles. The second-order valence-corrected chi connectivity index (χ2v) is 17.0. The average molecular weight is 914 g/mol. The van der Waals surface area contributed by atoms with Gasteiger partial charge in [0.05, 0.1) is 19.8 Å². The fraction of sp³-hybridized carbons (Fsp3) is 0.638. The zero-order chi connectivity index (χ0) is 46.6. The lowest BCUT2D eigenvalue weighted by Crippen LogP contribution is -2.45. The summed E-state index contributed by atoms with van der Waals surface area (Å²) in [6, 6.07) is 18.8. The van der Waals surface area contributed by atoms with Crippen LogP contribution in [0.2, 0.25) is 0 Å². The van der Waals surface area contributed by atoms with Crippen molar-refractivity contribution in [1.82, 2.24) is 20.0 Å². The number of likely N-dealkylation sites (N-methyl/N-ethyl adjacent to an activating group) is 4. The third-order valence-corrected chi connectivity index (χ3v) is 8.35. The SMILES string of the molecule is C.CC(C)[C@@H](C(=O)OCc1ccccc1)N(C)CCOCCN(C)C(=O)OC(C)(C)C.CN(CCOCC=O)C(=O)OC(C)(C)C.CN[C@H](C(=O)OCc1ccccc1)C(C)C.Cl. The van der Waals surface area contributed by atoms with Gasteiger partial charge in [-0.2, -0.15) is 0 Å². The third-order valence-electron chi connectivity index (χ3n) is 8.35. The highest BCUT2D eigenvalue weighted by Gasteiger charge is 2.28. The number of halogens is 1. The van der Waals surface area contributed by atoms with Gasteiger partial charge in [-0.05, 0) is 78.6 Å². The van der Waals surface area contributed by atoms with Gasteiger partial charge in [0, 0.05) is 33.7 Å². The fourth-order valence-corrected chi connectivity index (χ4v) is 5.16. The summed E-state index contributed by atoms with van der Waals surface area (Å²) < 4.78 is 31.8. The molecule has 0 radical (unpaired) electrons. The molecule has 16 heteroatoms. The Bertz CT molecular complexity index is 1520. The van der Waals surface area contributed by atoms with E-state index < -0.39 is 17.3 Å². The predicted molar refractivity (Wildman–Crippen MR) is 251 cm³/mol. The number of ether oxygens (including phenoxy) is 6. The number of hydrogen-bond donors (Lipinski definition) is 1. The molecule has 63 heavy (non-hydrogen) atoms. The van der Waals surface area contributed by atoms with E-state index in [4.69, 9.17) is 28.4 Å². The Labute approximate surface area is 385 Å². The molecule has 2 atom stereocenters. The number of carbonyl (C=O) groups excluding carboxylic acids is 5. The molecule has 1 N–H and O–H groups in total. The Morgan fingerprint density at radius 3 is 1.40 bits per heavy atom. The first-order chi connectivity index (χ1) is 28.5. The van der Waals surface area contributed by atoms with Gasteiger partial charge in [0.15, 0.2) is 0 Å². The molecule has 2 aromatic rings. The molecule has 0 heterocycles. The van der Waals surface area contributed by atoms with Gasteiger partial charge in [-0.15, -0.1) is 12.4 Å². The Morgan fingerprint density at radius 1 is 0.635 bits per heavy atom. The van der Waals surface area contributed by atoms with Crippen LogP contribution in [0.4, 0.5) is 9.59 Å². The number of esters is 2. The minimum atomic E-state index is -0.518. The maximum absolute atomic E-state index is 12.6. The monoisotopic (exact) mass is 913 g/mol. The van der Waals surface area contributed by atoms with Crippen LogP contribution in [-0.4, -0.2) is 143 Å². The van der Waals surface area contributed by atoms with Crippen molar-refractivity contribution in [3.8, 4) is 0 Å². The first kappa shape index (κ1) is 63.0. The molecule has 15 nitrogen and oxygen atoms in total. The Kier molecular flexibility index (Phi) is 34.2. The second kappa shape index (κ2) is 34.2. The fourth-order valence-electron chi connectivity index (χ4n) is 5.16. The number of amides is 2. The van der Waals surface area contributed by atoms with Crippen LogP contribution in [0.25, 0.3) is 0 Å². The van der Waals surface area contributed by atoms with Crippen molar-refractivity contribution in [3.05, 3.63) is 71.8 Å².